The monoisotopic (exact) mass is 539 g/mol. The summed E-state index contributed by atoms with van der Waals surface area (Å²) < 4.78 is 51.2. The molecule has 212 valence electrons. The van der Waals surface area contributed by atoms with Crippen molar-refractivity contribution in [2.75, 3.05) is 6.61 Å². The number of fused-ring (bicyclic) bond motifs is 1. The number of ether oxygens (including phenoxy) is 1. The second kappa shape index (κ2) is 12.1. The fraction of sp³-hybridized carbons (Fsp3) is 0.618. The van der Waals surface area contributed by atoms with E-state index in [0.29, 0.717) is 12.5 Å². The highest BCUT2D eigenvalue weighted by Gasteiger charge is 2.36. The van der Waals surface area contributed by atoms with Crippen molar-refractivity contribution in [2.45, 2.75) is 109 Å². The lowest BCUT2D eigenvalue weighted by Crippen LogP contribution is -2.30. The zero-order valence-electron chi connectivity index (χ0n) is 23.9. The molecule has 0 N–H and O–H groups in total. The van der Waals surface area contributed by atoms with Gasteiger partial charge in [0.05, 0.1) is 16.7 Å². The van der Waals surface area contributed by atoms with E-state index in [0.717, 1.165) is 36.7 Å². The predicted octanol–water partition coefficient (Wildman–Crippen LogP) is 9.99. The van der Waals surface area contributed by atoms with Crippen molar-refractivity contribution in [1.82, 2.24) is 0 Å². The summed E-state index contributed by atoms with van der Waals surface area (Å²) in [5, 5.41) is 0. The molecule has 5 rings (SSSR count). The maximum Gasteiger partial charge on any atom is 0.219 e. The molecule has 3 aliphatic rings. The van der Waals surface area contributed by atoms with Crippen LogP contribution in [0.1, 0.15) is 115 Å². The van der Waals surface area contributed by atoms with E-state index in [1.54, 1.807) is 6.07 Å². The van der Waals surface area contributed by atoms with Crippen LogP contribution in [0.2, 0.25) is 0 Å². The van der Waals surface area contributed by atoms with Gasteiger partial charge in [0.1, 0.15) is 24.1 Å². The molecule has 0 bridgehead atoms. The third-order valence-corrected chi connectivity index (χ3v) is 9.43. The molecule has 1 aliphatic heterocycles. The average Bonchev–Trinajstić information content (AvgIpc) is 3.27. The Morgan fingerprint density at radius 1 is 0.846 bits per heavy atom. The minimum atomic E-state index is -0.623. The lowest BCUT2D eigenvalue weighted by Gasteiger charge is -2.42. The van der Waals surface area contributed by atoms with Crippen molar-refractivity contribution in [3.63, 3.8) is 0 Å². The molecule has 39 heavy (non-hydrogen) atoms. The summed E-state index contributed by atoms with van der Waals surface area (Å²) in [6.07, 6.45) is 15.2. The molecule has 0 amide bonds. The van der Waals surface area contributed by atoms with Crippen molar-refractivity contribution in [2.24, 2.45) is 22.7 Å². The number of hydrogen-bond acceptors (Lipinski definition) is 2. The van der Waals surface area contributed by atoms with Crippen LogP contribution in [-0.4, -0.2) is 18.0 Å². The molecule has 2 aliphatic carbocycles. The zero-order valence-corrected chi connectivity index (χ0v) is 23.9. The van der Waals surface area contributed by atoms with Gasteiger partial charge in [-0.15, -0.1) is 0 Å². The predicted molar refractivity (Wildman–Crippen MR) is 153 cm³/mol. The number of rotatable bonds is 9. The van der Waals surface area contributed by atoms with Gasteiger partial charge in [-0.3, -0.25) is 0 Å². The normalized spacial score (nSPS) is 26.2. The van der Waals surface area contributed by atoms with Gasteiger partial charge in [-0.2, -0.15) is 0 Å². The number of unbranched alkanes of at least 4 members (excludes halogenated alkanes) is 4. The Hall–Kier alpha value is -2.30. The second-order valence-electron chi connectivity index (χ2n) is 13.0. The molecule has 2 aromatic carbocycles. The van der Waals surface area contributed by atoms with E-state index in [4.69, 9.17) is 4.74 Å². The summed E-state index contributed by atoms with van der Waals surface area (Å²) in [4.78, 5) is 4.41. The van der Waals surface area contributed by atoms with Gasteiger partial charge in [0, 0.05) is 0 Å². The van der Waals surface area contributed by atoms with Crippen molar-refractivity contribution < 1.29 is 17.9 Å². The van der Waals surface area contributed by atoms with Crippen molar-refractivity contribution in [3.05, 3.63) is 58.9 Å². The molecule has 0 radical (unpaired) electrons. The van der Waals surface area contributed by atoms with Crippen molar-refractivity contribution >= 4 is 5.90 Å². The summed E-state index contributed by atoms with van der Waals surface area (Å²) in [6, 6.07) is 7.21. The van der Waals surface area contributed by atoms with Crippen LogP contribution in [0.5, 0.6) is 0 Å². The standard InChI is InChI=1S/C34H44F3NO/c1-4-5-6-7-8-9-22-10-11-24-17-25(13-12-23(24)16-22)27-19-30(36)32(31(37)20-27)26-14-15-28(29(35)18-26)33-38-34(2,3)21-39-33/h14-15,18-20,22-25H,4-13,16-17,21H2,1-3H3/t22?,23-,24-,25-/m1/s1. The van der Waals surface area contributed by atoms with E-state index in [1.165, 1.54) is 82.1 Å². The lowest BCUT2D eigenvalue weighted by molar-refractivity contribution is 0.113. The van der Waals surface area contributed by atoms with Crippen LogP contribution < -0.4 is 0 Å². The Morgan fingerprint density at radius 3 is 2.26 bits per heavy atom. The smallest absolute Gasteiger partial charge is 0.219 e. The highest BCUT2D eigenvalue weighted by Crippen LogP contribution is 2.49. The quantitative estimate of drug-likeness (QED) is 0.291. The fourth-order valence-electron chi connectivity index (χ4n) is 7.26. The molecule has 1 heterocycles. The minimum Gasteiger partial charge on any atom is -0.475 e. The van der Waals surface area contributed by atoms with Crippen LogP contribution in [0.3, 0.4) is 0 Å². The first-order valence-corrected chi connectivity index (χ1v) is 15.3. The summed E-state index contributed by atoms with van der Waals surface area (Å²) >= 11 is 0. The van der Waals surface area contributed by atoms with E-state index in [-0.39, 0.29) is 28.5 Å². The van der Waals surface area contributed by atoms with Crippen molar-refractivity contribution in [1.29, 1.82) is 0 Å². The van der Waals surface area contributed by atoms with Crippen LogP contribution in [0.25, 0.3) is 11.1 Å². The Morgan fingerprint density at radius 2 is 1.56 bits per heavy atom. The summed E-state index contributed by atoms with van der Waals surface area (Å²) in [5.41, 5.74) is 0.559. The molecule has 0 spiro atoms. The van der Waals surface area contributed by atoms with Gasteiger partial charge in [-0.05, 0) is 105 Å². The van der Waals surface area contributed by atoms with Gasteiger partial charge in [0.15, 0.2) is 0 Å². The molecule has 0 saturated heterocycles. The molecule has 5 heteroatoms. The highest BCUT2D eigenvalue weighted by atomic mass is 19.1. The Labute approximate surface area is 232 Å². The molecule has 4 atom stereocenters. The van der Waals surface area contributed by atoms with E-state index in [2.05, 4.69) is 11.9 Å². The minimum absolute atomic E-state index is 0.174. The fourth-order valence-corrected chi connectivity index (χ4v) is 7.26. The van der Waals surface area contributed by atoms with E-state index < -0.39 is 23.0 Å². The number of nitrogens with zero attached hydrogens (tertiary/aromatic N) is 1. The summed E-state index contributed by atoms with van der Waals surface area (Å²) in [5.74, 6) is 0.879. The number of benzene rings is 2. The third kappa shape index (κ3) is 6.55. The zero-order chi connectivity index (χ0) is 27.6. The largest absolute Gasteiger partial charge is 0.475 e. The van der Waals surface area contributed by atoms with Gasteiger partial charge in [0.25, 0.3) is 0 Å². The SMILES string of the molecule is CCCCCCCC1CC[C@@H]2C[C@H](c3cc(F)c(-c4ccc(C5=NC(C)(C)CO5)c(F)c4)c(F)c3)CC[C@@H]2C1. The molecule has 1 unspecified atom stereocenters. The van der Waals surface area contributed by atoms with Gasteiger partial charge >= 0.3 is 0 Å². The summed E-state index contributed by atoms with van der Waals surface area (Å²) in [7, 11) is 0. The van der Waals surface area contributed by atoms with Gasteiger partial charge < -0.3 is 4.74 Å². The van der Waals surface area contributed by atoms with Crippen LogP contribution in [0.4, 0.5) is 13.2 Å². The van der Waals surface area contributed by atoms with E-state index in [9.17, 15) is 4.39 Å². The Kier molecular flexibility index (Phi) is 8.73. The molecular formula is C34H44F3NO. The van der Waals surface area contributed by atoms with Gasteiger partial charge in [-0.1, -0.05) is 57.9 Å². The topological polar surface area (TPSA) is 21.6 Å². The first-order valence-electron chi connectivity index (χ1n) is 15.3. The number of halogens is 3. The lowest BCUT2D eigenvalue weighted by atomic mass is 9.63. The maximum atomic E-state index is 15.4. The first kappa shape index (κ1) is 28.2. The Bertz CT molecular complexity index is 1170. The third-order valence-electron chi connectivity index (χ3n) is 9.43. The molecule has 0 aromatic heterocycles. The molecular weight excluding hydrogens is 495 g/mol. The number of aliphatic imine (C=N–C) groups is 1. The molecule has 2 nitrogen and oxygen atoms in total. The molecule has 2 saturated carbocycles. The van der Waals surface area contributed by atoms with Gasteiger partial charge in [0.2, 0.25) is 5.90 Å². The van der Waals surface area contributed by atoms with Crippen molar-refractivity contribution in [3.8, 4) is 11.1 Å². The van der Waals surface area contributed by atoms with E-state index in [1.807, 2.05) is 13.8 Å². The highest BCUT2D eigenvalue weighted by molar-refractivity contribution is 5.96. The van der Waals surface area contributed by atoms with Crippen LogP contribution in [-0.2, 0) is 4.74 Å². The first-order chi connectivity index (χ1) is 18.7. The van der Waals surface area contributed by atoms with E-state index >= 15 is 8.78 Å². The van der Waals surface area contributed by atoms with Crippen LogP contribution in [0, 0.1) is 35.2 Å². The average molecular weight is 540 g/mol. The Balaban J connectivity index is 1.23. The molecule has 2 fully saturated rings. The number of hydrogen-bond donors (Lipinski definition) is 0. The molecule has 2 aromatic rings. The maximum absolute atomic E-state index is 15.4. The van der Waals surface area contributed by atoms with Gasteiger partial charge in [-0.25, -0.2) is 18.2 Å². The van der Waals surface area contributed by atoms with Crippen LogP contribution >= 0.6 is 0 Å². The van der Waals surface area contributed by atoms with Crippen LogP contribution in [0.15, 0.2) is 35.3 Å². The summed E-state index contributed by atoms with van der Waals surface area (Å²) in [6.45, 7) is 6.45. The second-order valence-corrected chi connectivity index (χ2v) is 13.0.